The van der Waals surface area contributed by atoms with E-state index in [-0.39, 0.29) is 5.69 Å². The highest BCUT2D eigenvalue weighted by Gasteiger charge is 2.20. The molecule has 0 unspecified atom stereocenters. The van der Waals surface area contributed by atoms with E-state index in [9.17, 15) is 10.1 Å². The van der Waals surface area contributed by atoms with Crippen LogP contribution in [0.15, 0.2) is 12.1 Å². The summed E-state index contributed by atoms with van der Waals surface area (Å²) in [6, 6.07) is 2.95. The molecule has 0 spiro atoms. The molecule has 0 atom stereocenters. The molecule has 0 N–H and O–H groups in total. The number of halogens is 1. The van der Waals surface area contributed by atoms with Crippen LogP contribution in [0.4, 0.5) is 10.8 Å². The number of hydrogen-bond acceptors (Lipinski definition) is 5. The molecular weight excluding hydrogens is 274 g/mol. The number of non-ortho nitro benzene ring substituents is 1. The van der Waals surface area contributed by atoms with Gasteiger partial charge in [-0.2, -0.15) is 0 Å². The van der Waals surface area contributed by atoms with Crippen molar-refractivity contribution in [2.24, 2.45) is 0 Å². The van der Waals surface area contributed by atoms with Crippen molar-refractivity contribution in [1.82, 2.24) is 4.98 Å². The van der Waals surface area contributed by atoms with Gasteiger partial charge in [-0.25, -0.2) is 4.98 Å². The first-order valence-electron chi connectivity index (χ1n) is 5.56. The number of nitro groups is 1. The first kappa shape index (κ1) is 13.0. The Morgan fingerprint density at radius 1 is 1.44 bits per heavy atom. The number of rotatable bonds is 4. The molecule has 0 saturated heterocycles. The van der Waals surface area contributed by atoms with Crippen LogP contribution in [-0.4, -0.2) is 23.0 Å². The number of anilines is 1. The molecule has 5 nitrogen and oxygen atoms in total. The molecule has 0 bridgehead atoms. The second-order valence-electron chi connectivity index (χ2n) is 3.67. The van der Waals surface area contributed by atoms with E-state index in [0.29, 0.717) is 15.2 Å². The molecule has 18 heavy (non-hydrogen) atoms. The van der Waals surface area contributed by atoms with E-state index >= 15 is 0 Å². The average Bonchev–Trinajstić information content (AvgIpc) is 2.76. The molecule has 0 fully saturated rings. The average molecular weight is 286 g/mol. The Bertz CT molecular complexity index is 595. The van der Waals surface area contributed by atoms with Gasteiger partial charge in [-0.15, -0.1) is 0 Å². The molecule has 2 rings (SSSR count). The molecule has 0 radical (unpaired) electrons. The molecule has 1 heterocycles. The van der Waals surface area contributed by atoms with Gasteiger partial charge in [-0.05, 0) is 19.9 Å². The summed E-state index contributed by atoms with van der Waals surface area (Å²) >= 11 is 7.35. The Balaban J connectivity index is 2.65. The van der Waals surface area contributed by atoms with Gasteiger partial charge < -0.3 is 4.90 Å². The van der Waals surface area contributed by atoms with E-state index in [2.05, 4.69) is 4.98 Å². The van der Waals surface area contributed by atoms with E-state index in [1.807, 2.05) is 18.7 Å². The number of nitrogens with zero attached hydrogens (tertiary/aromatic N) is 3. The van der Waals surface area contributed by atoms with Crippen molar-refractivity contribution in [2.45, 2.75) is 13.8 Å². The van der Waals surface area contributed by atoms with Gasteiger partial charge in [0.1, 0.15) is 10.2 Å². The third-order valence-corrected chi connectivity index (χ3v) is 4.14. The summed E-state index contributed by atoms with van der Waals surface area (Å²) in [5.74, 6) is 0. The number of fused-ring (bicyclic) bond motifs is 1. The van der Waals surface area contributed by atoms with Gasteiger partial charge in [-0.3, -0.25) is 10.1 Å². The standard InChI is InChI=1S/C11H12ClN3O2S/c1-3-14(4-2)11-13-9-7(12)5-6-8(15(16)17)10(9)18-11/h5-6H,3-4H2,1-2H3. The molecule has 0 saturated carbocycles. The maximum atomic E-state index is 11.0. The van der Waals surface area contributed by atoms with Gasteiger partial charge >= 0.3 is 0 Å². The maximum Gasteiger partial charge on any atom is 0.288 e. The second-order valence-corrected chi connectivity index (χ2v) is 5.05. The largest absolute Gasteiger partial charge is 0.349 e. The van der Waals surface area contributed by atoms with Gasteiger partial charge in [0, 0.05) is 19.2 Å². The lowest BCUT2D eigenvalue weighted by Gasteiger charge is -2.16. The fourth-order valence-corrected chi connectivity index (χ4v) is 3.19. The van der Waals surface area contributed by atoms with Crippen LogP contribution in [0, 0.1) is 10.1 Å². The van der Waals surface area contributed by atoms with Gasteiger partial charge in [0.2, 0.25) is 0 Å². The summed E-state index contributed by atoms with van der Waals surface area (Å²) in [5, 5.41) is 12.2. The Hall–Kier alpha value is -1.40. The summed E-state index contributed by atoms with van der Waals surface area (Å²) in [7, 11) is 0. The summed E-state index contributed by atoms with van der Waals surface area (Å²) in [4.78, 5) is 17.0. The summed E-state index contributed by atoms with van der Waals surface area (Å²) < 4.78 is 0.536. The van der Waals surface area contributed by atoms with Gasteiger partial charge in [-0.1, -0.05) is 22.9 Å². The van der Waals surface area contributed by atoms with Crippen molar-refractivity contribution in [2.75, 3.05) is 18.0 Å². The second kappa shape index (κ2) is 5.07. The van der Waals surface area contributed by atoms with Crippen LogP contribution in [0.3, 0.4) is 0 Å². The molecule has 0 amide bonds. The van der Waals surface area contributed by atoms with E-state index in [4.69, 9.17) is 11.6 Å². The number of nitro benzene ring substituents is 1. The summed E-state index contributed by atoms with van der Waals surface area (Å²) in [6.45, 7) is 5.65. The van der Waals surface area contributed by atoms with Crippen LogP contribution in [0.1, 0.15) is 13.8 Å². The van der Waals surface area contributed by atoms with E-state index in [1.165, 1.54) is 23.5 Å². The molecular formula is C11H12ClN3O2S. The monoisotopic (exact) mass is 285 g/mol. The van der Waals surface area contributed by atoms with E-state index in [1.54, 1.807) is 0 Å². The molecule has 96 valence electrons. The number of thiazole rings is 1. The first-order valence-corrected chi connectivity index (χ1v) is 6.76. The molecule has 1 aromatic carbocycles. The third-order valence-electron chi connectivity index (χ3n) is 2.69. The van der Waals surface area contributed by atoms with Crippen LogP contribution in [-0.2, 0) is 0 Å². The highest BCUT2D eigenvalue weighted by Crippen LogP contribution is 2.38. The van der Waals surface area contributed by atoms with Crippen LogP contribution >= 0.6 is 22.9 Å². The van der Waals surface area contributed by atoms with Crippen molar-refractivity contribution in [3.63, 3.8) is 0 Å². The fourth-order valence-electron chi connectivity index (χ4n) is 1.72. The molecule has 2 aromatic rings. The minimum atomic E-state index is -0.400. The van der Waals surface area contributed by atoms with E-state index in [0.717, 1.165) is 18.2 Å². The van der Waals surface area contributed by atoms with Crippen LogP contribution < -0.4 is 4.90 Å². The van der Waals surface area contributed by atoms with Crippen molar-refractivity contribution in [1.29, 1.82) is 0 Å². The van der Waals surface area contributed by atoms with Gasteiger partial charge in [0.25, 0.3) is 5.69 Å². The Morgan fingerprint density at radius 3 is 2.67 bits per heavy atom. The molecule has 1 aromatic heterocycles. The van der Waals surface area contributed by atoms with Gasteiger partial charge in [0.15, 0.2) is 5.13 Å². The SMILES string of the molecule is CCN(CC)c1nc2c(Cl)ccc([N+](=O)[O-])c2s1. The van der Waals surface area contributed by atoms with Crippen LogP contribution in [0.5, 0.6) is 0 Å². The maximum absolute atomic E-state index is 11.0. The van der Waals surface area contributed by atoms with Crippen LogP contribution in [0.25, 0.3) is 10.2 Å². The predicted molar refractivity (Wildman–Crippen MR) is 74.8 cm³/mol. The quantitative estimate of drug-likeness (QED) is 0.635. The Morgan fingerprint density at radius 2 is 2.11 bits per heavy atom. The van der Waals surface area contributed by atoms with Gasteiger partial charge in [0.05, 0.1) is 9.95 Å². The number of hydrogen-bond donors (Lipinski definition) is 0. The molecule has 7 heteroatoms. The first-order chi connectivity index (χ1) is 8.58. The smallest absolute Gasteiger partial charge is 0.288 e. The highest BCUT2D eigenvalue weighted by atomic mass is 35.5. The zero-order valence-corrected chi connectivity index (χ0v) is 11.6. The zero-order chi connectivity index (χ0) is 13.3. The Kier molecular flexibility index (Phi) is 3.68. The fraction of sp³-hybridized carbons (Fsp3) is 0.364. The number of aromatic nitrogens is 1. The summed E-state index contributed by atoms with van der Waals surface area (Å²) in [5.41, 5.74) is 0.572. The summed E-state index contributed by atoms with van der Waals surface area (Å²) in [6.07, 6.45) is 0. The van der Waals surface area contributed by atoms with Crippen molar-refractivity contribution in [3.8, 4) is 0 Å². The minimum Gasteiger partial charge on any atom is -0.349 e. The Labute approximate surface area is 113 Å². The molecule has 0 aliphatic carbocycles. The lowest BCUT2D eigenvalue weighted by molar-refractivity contribution is -0.382. The third kappa shape index (κ3) is 2.13. The zero-order valence-electron chi connectivity index (χ0n) is 10.0. The minimum absolute atomic E-state index is 0.0605. The van der Waals surface area contributed by atoms with Crippen molar-refractivity contribution < 1.29 is 4.92 Å². The van der Waals surface area contributed by atoms with Crippen molar-refractivity contribution in [3.05, 3.63) is 27.3 Å². The topological polar surface area (TPSA) is 59.3 Å². The molecule has 0 aliphatic heterocycles. The highest BCUT2D eigenvalue weighted by molar-refractivity contribution is 7.22. The lowest BCUT2D eigenvalue weighted by Crippen LogP contribution is -2.21. The van der Waals surface area contributed by atoms with E-state index < -0.39 is 4.92 Å². The van der Waals surface area contributed by atoms with Crippen molar-refractivity contribution >= 4 is 44.0 Å². The number of benzene rings is 1. The molecule has 0 aliphatic rings. The van der Waals surface area contributed by atoms with Crippen LogP contribution in [0.2, 0.25) is 5.02 Å². The lowest BCUT2D eigenvalue weighted by atomic mass is 10.3. The predicted octanol–water partition coefficient (Wildman–Crippen LogP) is 3.70. The normalized spacial score (nSPS) is 10.8.